The molecule has 0 aromatic heterocycles. The second-order valence-electron chi connectivity index (χ2n) is 8.70. The summed E-state index contributed by atoms with van der Waals surface area (Å²) in [6.45, 7) is 2.22. The first-order valence-electron chi connectivity index (χ1n) is 11.9. The van der Waals surface area contributed by atoms with Crippen LogP contribution >= 0.6 is 0 Å². The van der Waals surface area contributed by atoms with Crippen LogP contribution in [-0.4, -0.2) is 7.11 Å². The van der Waals surface area contributed by atoms with E-state index in [9.17, 15) is 8.78 Å². The van der Waals surface area contributed by atoms with E-state index in [1.54, 1.807) is 18.2 Å². The van der Waals surface area contributed by atoms with Crippen LogP contribution in [0, 0.1) is 17.5 Å². The second kappa shape index (κ2) is 10.8. The molecular weight excluding hydrogens is 433 g/mol. The number of unbranched alkanes of at least 4 members (excludes halogenated alkanes) is 4. The highest BCUT2D eigenvalue weighted by atomic mass is 19.1. The molecule has 0 aliphatic rings. The molecule has 0 unspecified atom stereocenters. The Bertz CT molecular complexity index is 1260. The maximum absolute atomic E-state index is 15.3. The molecule has 4 rings (SSSR count). The normalized spacial score (nSPS) is 11.2. The Hall–Kier alpha value is -3.27. The lowest BCUT2D eigenvalue weighted by Crippen LogP contribution is -1.95. The minimum Gasteiger partial charge on any atom is -0.491 e. The van der Waals surface area contributed by atoms with Crippen molar-refractivity contribution >= 4 is 10.8 Å². The van der Waals surface area contributed by atoms with Gasteiger partial charge in [-0.25, -0.2) is 13.2 Å². The summed E-state index contributed by atoms with van der Waals surface area (Å²) in [5.41, 5.74) is 3.67. The van der Waals surface area contributed by atoms with Crippen molar-refractivity contribution in [2.75, 3.05) is 7.11 Å². The Kier molecular flexibility index (Phi) is 7.56. The minimum absolute atomic E-state index is 0.129. The highest BCUT2D eigenvalue weighted by Crippen LogP contribution is 2.34. The van der Waals surface area contributed by atoms with Crippen LogP contribution in [0.25, 0.3) is 33.0 Å². The fraction of sp³-hybridized carbons (Fsp3) is 0.267. The summed E-state index contributed by atoms with van der Waals surface area (Å²) in [7, 11) is 1.19. The van der Waals surface area contributed by atoms with Gasteiger partial charge in [-0.05, 0) is 58.7 Å². The first-order valence-corrected chi connectivity index (χ1v) is 11.9. The zero-order valence-electron chi connectivity index (χ0n) is 19.6. The number of rotatable bonds is 9. The molecule has 0 saturated carbocycles. The van der Waals surface area contributed by atoms with Crippen molar-refractivity contribution in [2.24, 2.45) is 0 Å². The molecule has 0 aliphatic carbocycles. The molecule has 0 atom stereocenters. The molecule has 0 spiro atoms. The van der Waals surface area contributed by atoms with Crippen LogP contribution in [0.4, 0.5) is 13.2 Å². The standard InChI is InChI=1S/C30H29F3O/c1-3-4-5-6-7-8-20-9-11-21(12-10-20)22-13-15-25-23(17-22)14-16-26(29(25)33)24-18-27(31)30(34-2)28(32)19-24/h9-19H,3-8H2,1-2H3. The third kappa shape index (κ3) is 5.11. The van der Waals surface area contributed by atoms with Crippen LogP contribution in [0.3, 0.4) is 0 Å². The van der Waals surface area contributed by atoms with Gasteiger partial charge in [0, 0.05) is 10.9 Å². The molecule has 0 heterocycles. The highest BCUT2D eigenvalue weighted by Gasteiger charge is 2.16. The van der Waals surface area contributed by atoms with Gasteiger partial charge in [-0.2, -0.15) is 0 Å². The summed E-state index contributed by atoms with van der Waals surface area (Å²) in [6.07, 6.45) is 7.41. The molecular formula is C30H29F3O. The maximum Gasteiger partial charge on any atom is 0.190 e. The van der Waals surface area contributed by atoms with E-state index in [1.165, 1.54) is 44.8 Å². The van der Waals surface area contributed by atoms with Crippen molar-refractivity contribution in [3.63, 3.8) is 0 Å². The predicted octanol–water partition coefficient (Wildman–Crippen LogP) is 9.11. The average molecular weight is 463 g/mol. The zero-order chi connectivity index (χ0) is 24.1. The van der Waals surface area contributed by atoms with Crippen molar-refractivity contribution in [3.8, 4) is 28.0 Å². The molecule has 4 aromatic rings. The lowest BCUT2D eigenvalue weighted by molar-refractivity contribution is 0.360. The first kappa shape index (κ1) is 23.9. The smallest absolute Gasteiger partial charge is 0.190 e. The van der Waals surface area contributed by atoms with Gasteiger partial charge in [-0.1, -0.05) is 81.1 Å². The van der Waals surface area contributed by atoms with Crippen LogP contribution < -0.4 is 4.74 Å². The summed E-state index contributed by atoms with van der Waals surface area (Å²) in [6, 6.07) is 19.6. The van der Waals surface area contributed by atoms with Gasteiger partial charge in [-0.15, -0.1) is 0 Å². The van der Waals surface area contributed by atoms with Crippen LogP contribution in [0.5, 0.6) is 5.75 Å². The van der Waals surface area contributed by atoms with E-state index in [4.69, 9.17) is 4.74 Å². The second-order valence-corrected chi connectivity index (χ2v) is 8.70. The van der Waals surface area contributed by atoms with Gasteiger partial charge in [0.05, 0.1) is 7.11 Å². The molecule has 0 fully saturated rings. The Morgan fingerprint density at radius 2 is 1.35 bits per heavy atom. The van der Waals surface area contributed by atoms with Crippen LogP contribution in [-0.2, 0) is 6.42 Å². The molecule has 4 aromatic carbocycles. The fourth-order valence-electron chi connectivity index (χ4n) is 4.40. The third-order valence-corrected chi connectivity index (χ3v) is 6.32. The van der Waals surface area contributed by atoms with Crippen molar-refractivity contribution in [1.29, 1.82) is 0 Å². The van der Waals surface area contributed by atoms with Crippen LogP contribution in [0.2, 0.25) is 0 Å². The molecule has 4 heteroatoms. The Morgan fingerprint density at radius 1 is 0.676 bits per heavy atom. The van der Waals surface area contributed by atoms with Gasteiger partial charge in [-0.3, -0.25) is 0 Å². The minimum atomic E-state index is -0.864. The largest absolute Gasteiger partial charge is 0.491 e. The monoisotopic (exact) mass is 462 g/mol. The van der Waals surface area contributed by atoms with Gasteiger partial charge in [0.2, 0.25) is 0 Å². The zero-order valence-corrected chi connectivity index (χ0v) is 19.6. The van der Waals surface area contributed by atoms with E-state index in [0.717, 1.165) is 35.1 Å². The highest BCUT2D eigenvalue weighted by molar-refractivity contribution is 5.91. The molecule has 0 N–H and O–H groups in total. The Balaban J connectivity index is 1.56. The number of fused-ring (bicyclic) bond motifs is 1. The van der Waals surface area contributed by atoms with Gasteiger partial charge in [0.15, 0.2) is 17.4 Å². The Morgan fingerprint density at radius 3 is 2.03 bits per heavy atom. The molecule has 34 heavy (non-hydrogen) atoms. The number of hydrogen-bond acceptors (Lipinski definition) is 1. The first-order chi connectivity index (χ1) is 16.5. The molecule has 0 saturated heterocycles. The summed E-state index contributed by atoms with van der Waals surface area (Å²) >= 11 is 0. The van der Waals surface area contributed by atoms with E-state index in [0.29, 0.717) is 5.39 Å². The van der Waals surface area contributed by atoms with E-state index in [2.05, 4.69) is 31.2 Å². The van der Waals surface area contributed by atoms with Gasteiger partial charge in [0.25, 0.3) is 0 Å². The van der Waals surface area contributed by atoms with Crippen LogP contribution in [0.15, 0.2) is 66.7 Å². The molecule has 0 bridgehead atoms. The number of hydrogen-bond donors (Lipinski definition) is 0. The Labute approximate surface area is 199 Å². The SMILES string of the molecule is CCCCCCCc1ccc(-c2ccc3c(F)c(-c4cc(F)c(OC)c(F)c4)ccc3c2)cc1. The lowest BCUT2D eigenvalue weighted by atomic mass is 9.96. The fourth-order valence-corrected chi connectivity index (χ4v) is 4.40. The third-order valence-electron chi connectivity index (χ3n) is 6.32. The lowest BCUT2D eigenvalue weighted by Gasteiger charge is -2.11. The number of methoxy groups -OCH3 is 1. The number of halogens is 3. The molecule has 0 amide bonds. The van der Waals surface area contributed by atoms with Crippen LogP contribution in [0.1, 0.15) is 44.6 Å². The molecule has 176 valence electrons. The number of benzene rings is 4. The van der Waals surface area contributed by atoms with Crippen molar-refractivity contribution in [3.05, 3.63) is 89.7 Å². The quantitative estimate of drug-likeness (QED) is 0.225. The van der Waals surface area contributed by atoms with Crippen molar-refractivity contribution in [2.45, 2.75) is 45.4 Å². The van der Waals surface area contributed by atoms with Gasteiger partial charge >= 0.3 is 0 Å². The van der Waals surface area contributed by atoms with E-state index >= 15 is 4.39 Å². The number of ether oxygens (including phenoxy) is 1. The molecule has 0 aliphatic heterocycles. The van der Waals surface area contributed by atoms with Crippen molar-refractivity contribution < 1.29 is 17.9 Å². The summed E-state index contributed by atoms with van der Waals surface area (Å²) in [5.74, 6) is -2.71. The summed E-state index contributed by atoms with van der Waals surface area (Å²) < 4.78 is 48.3. The predicted molar refractivity (Wildman–Crippen MR) is 134 cm³/mol. The van der Waals surface area contributed by atoms with E-state index in [1.807, 2.05) is 12.1 Å². The molecule has 1 nitrogen and oxygen atoms in total. The van der Waals surface area contributed by atoms with Gasteiger partial charge in [0.1, 0.15) is 5.82 Å². The molecule has 0 radical (unpaired) electrons. The summed E-state index contributed by atoms with van der Waals surface area (Å²) in [4.78, 5) is 0. The van der Waals surface area contributed by atoms with Crippen molar-refractivity contribution in [1.82, 2.24) is 0 Å². The average Bonchev–Trinajstić information content (AvgIpc) is 2.84. The number of aryl methyl sites for hydroxylation is 1. The van der Waals surface area contributed by atoms with E-state index < -0.39 is 23.2 Å². The topological polar surface area (TPSA) is 9.23 Å². The van der Waals surface area contributed by atoms with E-state index in [-0.39, 0.29) is 11.1 Å². The maximum atomic E-state index is 15.3. The summed E-state index contributed by atoms with van der Waals surface area (Å²) in [5, 5.41) is 1.13. The van der Waals surface area contributed by atoms with Gasteiger partial charge < -0.3 is 4.74 Å².